The number of carbonyl (C=O) groups excluding carboxylic acids is 1. The summed E-state index contributed by atoms with van der Waals surface area (Å²) < 4.78 is 29.1. The quantitative estimate of drug-likeness (QED) is 0.295. The van der Waals surface area contributed by atoms with Gasteiger partial charge in [0.25, 0.3) is 5.69 Å². The lowest BCUT2D eigenvalue weighted by molar-refractivity contribution is -0.383. The molecule has 0 aliphatic rings. The number of nitrogens with one attached hydrogen (secondary N) is 1. The summed E-state index contributed by atoms with van der Waals surface area (Å²) in [7, 11) is -2.67. The number of nitro benzene ring substituents is 1. The van der Waals surface area contributed by atoms with E-state index in [4.69, 9.17) is 4.74 Å². The van der Waals surface area contributed by atoms with Crippen molar-refractivity contribution in [2.75, 3.05) is 18.5 Å². The van der Waals surface area contributed by atoms with Crippen LogP contribution >= 0.6 is 0 Å². The Kier molecular flexibility index (Phi) is 8.41. The van der Waals surface area contributed by atoms with Crippen LogP contribution in [0.5, 0.6) is 0 Å². The molecule has 9 nitrogen and oxygen atoms in total. The van der Waals surface area contributed by atoms with Crippen LogP contribution in [-0.2, 0) is 20.0 Å². The molecule has 0 aliphatic carbocycles. The number of unbranched alkanes of at least 4 members (excludes halogenated alkanes) is 2. The highest BCUT2D eigenvalue weighted by atomic mass is 32.2. The van der Waals surface area contributed by atoms with E-state index in [1.165, 1.54) is 12.1 Å². The fourth-order valence-corrected chi connectivity index (χ4v) is 2.28. The molecule has 0 spiro atoms. The molecule has 1 N–H and O–H groups in total. The SMILES string of the molecule is CCOC(=O)CCCCCNc1ccc(N=S(=O)=O)cc1[N+](=O)[O-]. The summed E-state index contributed by atoms with van der Waals surface area (Å²) >= 11 is 0. The number of rotatable bonds is 10. The second-order valence-corrected chi connectivity index (χ2v) is 5.43. The van der Waals surface area contributed by atoms with Gasteiger partial charge in [0.2, 0.25) is 0 Å². The van der Waals surface area contributed by atoms with E-state index in [-0.39, 0.29) is 17.3 Å². The van der Waals surface area contributed by atoms with Gasteiger partial charge in [0, 0.05) is 19.0 Å². The molecule has 0 amide bonds. The van der Waals surface area contributed by atoms with Gasteiger partial charge in [0.15, 0.2) is 0 Å². The van der Waals surface area contributed by atoms with Crippen molar-refractivity contribution < 1.29 is 22.9 Å². The number of esters is 1. The minimum Gasteiger partial charge on any atom is -0.466 e. The van der Waals surface area contributed by atoms with Gasteiger partial charge in [-0.05, 0) is 31.9 Å². The fraction of sp³-hybridized carbons (Fsp3) is 0.500. The number of hydrogen-bond acceptors (Lipinski definition) is 8. The van der Waals surface area contributed by atoms with Crippen LogP contribution in [-0.4, -0.2) is 32.5 Å². The third-order valence-corrected chi connectivity index (χ3v) is 3.40. The lowest BCUT2D eigenvalue weighted by Crippen LogP contribution is -2.06. The number of carbonyl (C=O) groups is 1. The molecule has 0 aliphatic heterocycles. The van der Waals surface area contributed by atoms with Crippen molar-refractivity contribution in [3.63, 3.8) is 0 Å². The molecular formula is C14H19N3O6S. The van der Waals surface area contributed by atoms with Crippen molar-refractivity contribution in [2.45, 2.75) is 32.6 Å². The van der Waals surface area contributed by atoms with Crippen LogP contribution in [0.25, 0.3) is 0 Å². The molecule has 0 bridgehead atoms. The van der Waals surface area contributed by atoms with Crippen LogP contribution in [0.4, 0.5) is 17.1 Å². The summed E-state index contributed by atoms with van der Waals surface area (Å²) in [6.45, 7) is 2.61. The van der Waals surface area contributed by atoms with Gasteiger partial charge in [0.1, 0.15) is 5.69 Å². The molecule has 0 saturated carbocycles. The van der Waals surface area contributed by atoms with Gasteiger partial charge in [-0.25, -0.2) is 0 Å². The first kappa shape index (κ1) is 19.6. The van der Waals surface area contributed by atoms with Crippen molar-refractivity contribution in [3.05, 3.63) is 28.3 Å². The molecule has 0 aromatic heterocycles. The van der Waals surface area contributed by atoms with Crippen molar-refractivity contribution in [3.8, 4) is 0 Å². The van der Waals surface area contributed by atoms with Crippen molar-refractivity contribution >= 4 is 33.5 Å². The normalized spacial score (nSPS) is 10.0. The van der Waals surface area contributed by atoms with Gasteiger partial charge < -0.3 is 10.1 Å². The Morgan fingerprint density at radius 1 is 1.33 bits per heavy atom. The van der Waals surface area contributed by atoms with Crippen LogP contribution in [0.15, 0.2) is 22.6 Å². The maximum absolute atomic E-state index is 11.2. The third-order valence-electron chi connectivity index (χ3n) is 3.04. The number of nitrogens with zero attached hydrogens (tertiary/aromatic N) is 2. The molecule has 1 aromatic carbocycles. The molecule has 132 valence electrons. The minimum absolute atomic E-state index is 0.00461. The van der Waals surface area contributed by atoms with Gasteiger partial charge in [-0.1, -0.05) is 6.42 Å². The zero-order chi connectivity index (χ0) is 17.9. The smallest absolute Gasteiger partial charge is 0.316 e. The van der Waals surface area contributed by atoms with E-state index in [0.29, 0.717) is 31.7 Å². The lowest BCUT2D eigenvalue weighted by atomic mass is 10.2. The molecule has 0 radical (unpaired) electrons. The Labute approximate surface area is 140 Å². The molecular weight excluding hydrogens is 338 g/mol. The highest BCUT2D eigenvalue weighted by Gasteiger charge is 2.14. The summed E-state index contributed by atoms with van der Waals surface area (Å²) in [6.07, 6.45) is 2.56. The first-order valence-electron chi connectivity index (χ1n) is 7.43. The maximum Gasteiger partial charge on any atom is 0.316 e. The summed E-state index contributed by atoms with van der Waals surface area (Å²) in [4.78, 5) is 21.6. The Bertz CT molecular complexity index is 709. The van der Waals surface area contributed by atoms with E-state index in [2.05, 4.69) is 9.68 Å². The van der Waals surface area contributed by atoms with E-state index >= 15 is 0 Å². The van der Waals surface area contributed by atoms with Crippen molar-refractivity contribution in [2.24, 2.45) is 4.36 Å². The standard InChI is InChI=1S/C14H19N3O6S/c1-2-23-14(18)6-4-3-5-9-15-12-8-7-11(16-24(21)22)10-13(12)17(19)20/h7-8,10,15H,2-6,9H2,1H3. The van der Waals surface area contributed by atoms with Crippen LogP contribution < -0.4 is 5.32 Å². The highest BCUT2D eigenvalue weighted by Crippen LogP contribution is 2.29. The molecule has 1 rings (SSSR count). The first-order valence-corrected chi connectivity index (χ1v) is 8.46. The molecule has 0 fully saturated rings. The molecule has 0 atom stereocenters. The van der Waals surface area contributed by atoms with E-state index in [9.17, 15) is 23.3 Å². The third kappa shape index (κ3) is 7.18. The topological polar surface area (TPSA) is 128 Å². The zero-order valence-electron chi connectivity index (χ0n) is 13.2. The predicted octanol–water partition coefficient (Wildman–Crippen LogP) is 2.82. The minimum atomic E-state index is -2.67. The molecule has 10 heteroatoms. The monoisotopic (exact) mass is 357 g/mol. The number of nitro groups is 1. The lowest BCUT2D eigenvalue weighted by Gasteiger charge is -2.07. The average molecular weight is 357 g/mol. The van der Waals surface area contributed by atoms with E-state index in [0.717, 1.165) is 18.9 Å². The van der Waals surface area contributed by atoms with Crippen LogP contribution in [0.3, 0.4) is 0 Å². The van der Waals surface area contributed by atoms with Gasteiger partial charge >= 0.3 is 16.5 Å². The first-order chi connectivity index (χ1) is 11.4. The van der Waals surface area contributed by atoms with Crippen LogP contribution in [0, 0.1) is 10.1 Å². The zero-order valence-corrected chi connectivity index (χ0v) is 14.0. The summed E-state index contributed by atoms with van der Waals surface area (Å²) in [5.41, 5.74) is 0.0456. The molecule has 24 heavy (non-hydrogen) atoms. The fourth-order valence-electron chi connectivity index (χ4n) is 1.99. The Morgan fingerprint density at radius 2 is 2.08 bits per heavy atom. The molecule has 1 aromatic rings. The van der Waals surface area contributed by atoms with Crippen molar-refractivity contribution in [1.29, 1.82) is 0 Å². The Hall–Kier alpha value is -2.49. The Morgan fingerprint density at radius 3 is 2.71 bits per heavy atom. The van der Waals surface area contributed by atoms with Crippen LogP contribution in [0.1, 0.15) is 32.6 Å². The van der Waals surface area contributed by atoms with Crippen molar-refractivity contribution in [1.82, 2.24) is 0 Å². The maximum atomic E-state index is 11.2. The van der Waals surface area contributed by atoms with Gasteiger partial charge in [-0.15, -0.1) is 4.36 Å². The molecule has 0 saturated heterocycles. The average Bonchev–Trinajstić information content (AvgIpc) is 2.51. The summed E-state index contributed by atoms with van der Waals surface area (Å²) in [5, 5.41) is 14.0. The highest BCUT2D eigenvalue weighted by molar-refractivity contribution is 7.61. The Balaban J connectivity index is 2.51. The van der Waals surface area contributed by atoms with Gasteiger partial charge in [-0.3, -0.25) is 14.9 Å². The molecule has 0 unspecified atom stereocenters. The summed E-state index contributed by atoms with van der Waals surface area (Å²) in [6, 6.07) is 3.90. The second-order valence-electron chi connectivity index (χ2n) is 4.81. The van der Waals surface area contributed by atoms with Gasteiger partial charge in [-0.2, -0.15) is 8.42 Å². The predicted molar refractivity (Wildman–Crippen MR) is 87.7 cm³/mol. The summed E-state index contributed by atoms with van der Waals surface area (Å²) in [5.74, 6) is -0.226. The second kappa shape index (κ2) is 10.3. The van der Waals surface area contributed by atoms with Gasteiger partial charge in [0.05, 0.1) is 17.2 Å². The molecule has 0 heterocycles. The number of hydrogen-bond donors (Lipinski definition) is 1. The van der Waals surface area contributed by atoms with E-state index in [1.807, 2.05) is 0 Å². The number of ether oxygens (including phenoxy) is 1. The largest absolute Gasteiger partial charge is 0.466 e. The number of benzene rings is 1. The number of anilines is 1. The van der Waals surface area contributed by atoms with E-state index < -0.39 is 15.4 Å². The van der Waals surface area contributed by atoms with Crippen LogP contribution in [0.2, 0.25) is 0 Å². The van der Waals surface area contributed by atoms with E-state index in [1.54, 1.807) is 6.92 Å².